The average Bonchev–Trinajstić information content (AvgIpc) is 3.15. The highest BCUT2D eigenvalue weighted by atomic mass is 35.5. The molecule has 27 heavy (non-hydrogen) atoms. The highest BCUT2D eigenvalue weighted by molar-refractivity contribution is 7.13. The summed E-state index contributed by atoms with van der Waals surface area (Å²) in [6.07, 6.45) is 3.14. The third-order valence-corrected chi connectivity index (χ3v) is 5.08. The maximum absolute atomic E-state index is 12.4. The van der Waals surface area contributed by atoms with Gasteiger partial charge in [-0.15, -0.1) is 11.3 Å². The average molecular weight is 397 g/mol. The van der Waals surface area contributed by atoms with Crippen LogP contribution < -0.4 is 10.1 Å². The second kappa shape index (κ2) is 7.34. The van der Waals surface area contributed by atoms with E-state index in [9.17, 15) is 9.59 Å². The van der Waals surface area contributed by atoms with Crippen molar-refractivity contribution < 1.29 is 14.3 Å². The van der Waals surface area contributed by atoms with Gasteiger partial charge in [0.2, 0.25) is 0 Å². The molecule has 1 N–H and O–H groups in total. The molecule has 134 valence electrons. The summed E-state index contributed by atoms with van der Waals surface area (Å²) in [6.45, 7) is -0.0139. The first-order valence-corrected chi connectivity index (χ1v) is 9.35. The number of hydrogen-bond acceptors (Lipinski definition) is 5. The van der Waals surface area contributed by atoms with Crippen molar-refractivity contribution in [1.82, 2.24) is 4.98 Å². The van der Waals surface area contributed by atoms with Crippen molar-refractivity contribution in [1.29, 1.82) is 0 Å². The molecule has 0 unspecified atom stereocenters. The van der Waals surface area contributed by atoms with Crippen molar-refractivity contribution in [3.8, 4) is 16.3 Å². The smallest absolute Gasteiger partial charge is 0.262 e. The number of ketones is 1. The van der Waals surface area contributed by atoms with Crippen molar-refractivity contribution in [2.24, 2.45) is 0 Å². The molecule has 2 aromatic carbocycles. The zero-order valence-corrected chi connectivity index (χ0v) is 15.5. The maximum Gasteiger partial charge on any atom is 0.262 e. The summed E-state index contributed by atoms with van der Waals surface area (Å²) < 4.78 is 5.29. The van der Waals surface area contributed by atoms with Gasteiger partial charge in [-0.1, -0.05) is 23.7 Å². The number of rotatable bonds is 4. The number of amides is 1. The van der Waals surface area contributed by atoms with Crippen LogP contribution in [0.5, 0.6) is 5.75 Å². The monoisotopic (exact) mass is 396 g/mol. The highest BCUT2D eigenvalue weighted by Gasteiger charge is 2.17. The number of nitrogens with zero attached hydrogens (tertiary/aromatic N) is 1. The largest absolute Gasteiger partial charge is 0.482 e. The van der Waals surface area contributed by atoms with Crippen molar-refractivity contribution >= 4 is 46.4 Å². The van der Waals surface area contributed by atoms with Gasteiger partial charge in [-0.05, 0) is 42.5 Å². The van der Waals surface area contributed by atoms with E-state index in [1.165, 1.54) is 17.4 Å². The molecule has 0 saturated carbocycles. The van der Waals surface area contributed by atoms with Crippen LogP contribution in [0.1, 0.15) is 16.1 Å². The second-order valence-corrected chi connectivity index (χ2v) is 7.12. The van der Waals surface area contributed by atoms with E-state index in [1.54, 1.807) is 24.3 Å². The molecule has 0 aliphatic carbocycles. The molecule has 2 heterocycles. The van der Waals surface area contributed by atoms with Gasteiger partial charge in [0.1, 0.15) is 10.8 Å². The summed E-state index contributed by atoms with van der Waals surface area (Å²) in [5, 5.41) is 6.11. The standard InChI is InChI=1S/C20H13ClN2O3S/c21-14-4-1-12(2-5-14)20-22-15(11-27-20)6-7-17(24)13-3-8-18-16(9-13)23-19(25)10-26-18/h1-9,11H,10H2,(H,23,25)/b7-6+. The lowest BCUT2D eigenvalue weighted by atomic mass is 10.1. The number of hydrogen-bond donors (Lipinski definition) is 1. The molecule has 0 bridgehead atoms. The Hall–Kier alpha value is -2.96. The number of allylic oxidation sites excluding steroid dienone is 1. The number of aromatic nitrogens is 1. The highest BCUT2D eigenvalue weighted by Crippen LogP contribution is 2.29. The Morgan fingerprint density at radius 2 is 2.04 bits per heavy atom. The Kier molecular flexibility index (Phi) is 4.75. The Morgan fingerprint density at radius 1 is 1.22 bits per heavy atom. The fraction of sp³-hybridized carbons (Fsp3) is 0.0500. The minimum atomic E-state index is -0.236. The van der Waals surface area contributed by atoms with Gasteiger partial charge < -0.3 is 10.1 Å². The molecular formula is C20H13ClN2O3S. The van der Waals surface area contributed by atoms with Crippen LogP contribution in [0.25, 0.3) is 16.6 Å². The summed E-state index contributed by atoms with van der Waals surface area (Å²) >= 11 is 7.40. The predicted molar refractivity (Wildman–Crippen MR) is 106 cm³/mol. The molecule has 3 aromatic rings. The maximum atomic E-state index is 12.4. The lowest BCUT2D eigenvalue weighted by molar-refractivity contribution is -0.118. The lowest BCUT2D eigenvalue weighted by Crippen LogP contribution is -2.25. The third kappa shape index (κ3) is 3.92. The second-order valence-electron chi connectivity index (χ2n) is 5.83. The van der Waals surface area contributed by atoms with Gasteiger partial charge in [0.05, 0.1) is 11.4 Å². The number of carbonyl (C=O) groups excluding carboxylic acids is 2. The molecule has 5 nitrogen and oxygen atoms in total. The number of carbonyl (C=O) groups is 2. The number of benzene rings is 2. The third-order valence-electron chi connectivity index (χ3n) is 3.92. The topological polar surface area (TPSA) is 68.3 Å². The summed E-state index contributed by atoms with van der Waals surface area (Å²) in [6, 6.07) is 12.4. The number of thiazole rings is 1. The Morgan fingerprint density at radius 3 is 2.85 bits per heavy atom. The molecule has 1 aliphatic heterocycles. The minimum absolute atomic E-state index is 0.0139. The fourth-order valence-corrected chi connectivity index (χ4v) is 3.50. The predicted octanol–water partition coefficient (Wildman–Crippen LogP) is 4.69. The number of ether oxygens (including phenoxy) is 1. The van der Waals surface area contributed by atoms with Crippen molar-refractivity contribution in [2.45, 2.75) is 0 Å². The number of anilines is 1. The quantitative estimate of drug-likeness (QED) is 0.513. The van der Waals surface area contributed by atoms with Crippen LogP contribution in [0.3, 0.4) is 0 Å². The molecule has 4 rings (SSSR count). The lowest BCUT2D eigenvalue weighted by Gasteiger charge is -2.17. The first kappa shape index (κ1) is 17.5. The van der Waals surface area contributed by atoms with Gasteiger partial charge in [-0.3, -0.25) is 9.59 Å². The molecular weight excluding hydrogens is 384 g/mol. The summed E-state index contributed by atoms with van der Waals surface area (Å²) in [5.41, 5.74) is 2.64. The van der Waals surface area contributed by atoms with Crippen LogP contribution in [0.2, 0.25) is 5.02 Å². The van der Waals surface area contributed by atoms with E-state index in [4.69, 9.17) is 16.3 Å². The Bertz CT molecular complexity index is 1060. The van der Waals surface area contributed by atoms with Crippen LogP contribution in [0, 0.1) is 0 Å². The van der Waals surface area contributed by atoms with Gasteiger partial charge in [0, 0.05) is 21.5 Å². The summed E-state index contributed by atoms with van der Waals surface area (Å²) in [7, 11) is 0. The van der Waals surface area contributed by atoms with E-state index in [1.807, 2.05) is 29.6 Å². The first-order valence-electron chi connectivity index (χ1n) is 8.09. The van der Waals surface area contributed by atoms with Gasteiger partial charge >= 0.3 is 0 Å². The number of fused-ring (bicyclic) bond motifs is 1. The van der Waals surface area contributed by atoms with E-state index in [2.05, 4.69) is 10.3 Å². The zero-order valence-electron chi connectivity index (χ0n) is 13.9. The van der Waals surface area contributed by atoms with Crippen molar-refractivity contribution in [3.05, 3.63) is 70.2 Å². The summed E-state index contributed by atoms with van der Waals surface area (Å²) in [4.78, 5) is 28.3. The molecule has 0 saturated heterocycles. The summed E-state index contributed by atoms with van der Waals surface area (Å²) in [5.74, 6) is 0.140. The van der Waals surface area contributed by atoms with Crippen LogP contribution in [0.15, 0.2) is 53.9 Å². The van der Waals surface area contributed by atoms with E-state index in [-0.39, 0.29) is 18.3 Å². The molecule has 1 aromatic heterocycles. The molecule has 7 heteroatoms. The molecule has 1 aliphatic rings. The number of halogens is 1. The Labute approximate surface area is 164 Å². The van der Waals surface area contributed by atoms with E-state index >= 15 is 0 Å². The van der Waals surface area contributed by atoms with Crippen LogP contribution in [-0.2, 0) is 4.79 Å². The molecule has 0 fully saturated rings. The van der Waals surface area contributed by atoms with Crippen LogP contribution >= 0.6 is 22.9 Å². The van der Waals surface area contributed by atoms with Gasteiger partial charge in [0.15, 0.2) is 12.4 Å². The van der Waals surface area contributed by atoms with E-state index in [0.29, 0.717) is 27.7 Å². The minimum Gasteiger partial charge on any atom is -0.482 e. The van der Waals surface area contributed by atoms with Gasteiger partial charge in [-0.25, -0.2) is 4.98 Å². The van der Waals surface area contributed by atoms with Gasteiger partial charge in [0.25, 0.3) is 5.91 Å². The molecule has 1 amide bonds. The SMILES string of the molecule is O=C1COc2ccc(C(=O)/C=C/c3csc(-c4ccc(Cl)cc4)n3)cc2N1. The zero-order chi connectivity index (χ0) is 18.8. The fourth-order valence-electron chi connectivity index (χ4n) is 2.58. The van der Waals surface area contributed by atoms with Crippen molar-refractivity contribution in [3.63, 3.8) is 0 Å². The molecule has 0 atom stereocenters. The van der Waals surface area contributed by atoms with E-state index < -0.39 is 0 Å². The van der Waals surface area contributed by atoms with Crippen LogP contribution in [-0.4, -0.2) is 23.3 Å². The normalized spacial score (nSPS) is 13.1. The number of nitrogens with one attached hydrogen (secondary N) is 1. The first-order chi connectivity index (χ1) is 13.1. The van der Waals surface area contributed by atoms with Crippen molar-refractivity contribution in [2.75, 3.05) is 11.9 Å². The van der Waals surface area contributed by atoms with Gasteiger partial charge in [-0.2, -0.15) is 0 Å². The Balaban J connectivity index is 1.50. The molecule has 0 spiro atoms. The molecule has 0 radical (unpaired) electrons. The van der Waals surface area contributed by atoms with Crippen LogP contribution in [0.4, 0.5) is 5.69 Å². The van der Waals surface area contributed by atoms with E-state index in [0.717, 1.165) is 10.6 Å².